The molecule has 0 atom stereocenters. The van der Waals surface area contributed by atoms with E-state index in [0.717, 1.165) is 27.8 Å². The van der Waals surface area contributed by atoms with Gasteiger partial charge in [-0.3, -0.25) is 0 Å². The summed E-state index contributed by atoms with van der Waals surface area (Å²) < 4.78 is 0. The van der Waals surface area contributed by atoms with Crippen LogP contribution in [-0.2, 0) is 0 Å². The van der Waals surface area contributed by atoms with E-state index >= 15 is 0 Å². The molecule has 0 saturated carbocycles. The first-order valence-corrected chi connectivity index (χ1v) is 8.28. The smallest absolute Gasteiger partial charge is 0.153 e. The zero-order chi connectivity index (χ0) is 16.6. The number of hydrogen-bond acceptors (Lipinski definition) is 2. The predicted octanol–water partition coefficient (Wildman–Crippen LogP) is 6.89. The van der Waals surface area contributed by atoms with Crippen LogP contribution in [-0.4, -0.2) is 4.98 Å². The van der Waals surface area contributed by atoms with Crippen LogP contribution in [0.15, 0.2) is 95.2 Å². The molecule has 4 aromatic carbocycles. The van der Waals surface area contributed by atoms with Crippen molar-refractivity contribution in [3.05, 3.63) is 84.9 Å². The van der Waals surface area contributed by atoms with Gasteiger partial charge < -0.3 is 4.98 Å². The molecular weight excluding hydrogens is 306 g/mol. The maximum absolute atomic E-state index is 4.50. The van der Waals surface area contributed by atoms with E-state index in [0.29, 0.717) is 0 Å². The fraction of sp³-hybridized carbons (Fsp3) is 0. The van der Waals surface area contributed by atoms with Gasteiger partial charge in [0.05, 0.1) is 5.69 Å². The van der Waals surface area contributed by atoms with Crippen molar-refractivity contribution in [1.82, 2.24) is 4.98 Å². The molecule has 5 rings (SSSR count). The molecule has 0 fully saturated rings. The number of hydrogen-bond donors (Lipinski definition) is 1. The maximum atomic E-state index is 4.50. The topological polar surface area (TPSA) is 40.5 Å². The Bertz CT molecular complexity index is 1220. The number of aromatic amines is 1. The van der Waals surface area contributed by atoms with Gasteiger partial charge in [-0.25, -0.2) is 0 Å². The van der Waals surface area contributed by atoms with Gasteiger partial charge in [0, 0.05) is 16.3 Å². The summed E-state index contributed by atoms with van der Waals surface area (Å²) in [7, 11) is 0. The fourth-order valence-electron chi connectivity index (χ4n) is 3.26. The van der Waals surface area contributed by atoms with Crippen molar-refractivity contribution in [1.29, 1.82) is 0 Å². The molecule has 0 aliphatic heterocycles. The number of rotatable bonds is 2. The summed E-state index contributed by atoms with van der Waals surface area (Å²) in [6, 6.07) is 29.1. The molecule has 3 nitrogen and oxygen atoms in total. The number of azo groups is 1. The van der Waals surface area contributed by atoms with Gasteiger partial charge in [0.15, 0.2) is 5.82 Å². The van der Waals surface area contributed by atoms with Crippen LogP contribution < -0.4 is 0 Å². The number of aromatic nitrogens is 1. The third-order valence-corrected chi connectivity index (χ3v) is 4.50. The summed E-state index contributed by atoms with van der Waals surface area (Å²) in [5.74, 6) is 0.763. The molecule has 0 radical (unpaired) electrons. The minimum Gasteiger partial charge on any atom is -0.338 e. The summed E-state index contributed by atoms with van der Waals surface area (Å²) >= 11 is 0. The minimum absolute atomic E-state index is 0.763. The van der Waals surface area contributed by atoms with Crippen molar-refractivity contribution in [3.8, 4) is 0 Å². The Balaban J connectivity index is 1.63. The predicted molar refractivity (Wildman–Crippen MR) is 104 cm³/mol. The van der Waals surface area contributed by atoms with Crippen LogP contribution in [0.25, 0.3) is 32.4 Å². The van der Waals surface area contributed by atoms with Crippen LogP contribution in [0.4, 0.5) is 11.5 Å². The van der Waals surface area contributed by atoms with Gasteiger partial charge in [-0.2, -0.15) is 0 Å². The first-order chi connectivity index (χ1) is 12.4. The van der Waals surface area contributed by atoms with Gasteiger partial charge in [0.2, 0.25) is 0 Å². The lowest BCUT2D eigenvalue weighted by Crippen LogP contribution is -1.77. The Morgan fingerprint density at radius 3 is 2.12 bits per heavy atom. The van der Waals surface area contributed by atoms with Gasteiger partial charge in [0.25, 0.3) is 0 Å². The molecule has 0 amide bonds. The van der Waals surface area contributed by atoms with E-state index in [-0.39, 0.29) is 0 Å². The number of benzene rings is 4. The highest BCUT2D eigenvalue weighted by Gasteiger charge is 2.03. The second kappa shape index (κ2) is 5.56. The molecule has 0 aliphatic rings. The largest absolute Gasteiger partial charge is 0.338 e. The van der Waals surface area contributed by atoms with E-state index in [1.807, 2.05) is 36.4 Å². The molecule has 5 aromatic rings. The normalized spacial score (nSPS) is 11.8. The van der Waals surface area contributed by atoms with Crippen LogP contribution in [0.1, 0.15) is 0 Å². The molecule has 0 spiro atoms. The summed E-state index contributed by atoms with van der Waals surface area (Å²) in [6.45, 7) is 0. The molecule has 1 heterocycles. The Morgan fingerprint density at radius 2 is 1.28 bits per heavy atom. The van der Waals surface area contributed by atoms with Crippen molar-refractivity contribution in [3.63, 3.8) is 0 Å². The summed E-state index contributed by atoms with van der Waals surface area (Å²) in [5.41, 5.74) is 1.95. The number of nitrogens with zero attached hydrogens (tertiary/aromatic N) is 2. The minimum atomic E-state index is 0.763. The van der Waals surface area contributed by atoms with Crippen molar-refractivity contribution in [2.75, 3.05) is 0 Å². The first-order valence-electron chi connectivity index (χ1n) is 8.28. The van der Waals surface area contributed by atoms with Gasteiger partial charge >= 0.3 is 0 Å². The third kappa shape index (κ3) is 2.46. The monoisotopic (exact) mass is 321 g/mol. The highest BCUT2D eigenvalue weighted by atomic mass is 15.1. The molecule has 0 saturated heterocycles. The first kappa shape index (κ1) is 13.9. The quantitative estimate of drug-likeness (QED) is 0.272. The van der Waals surface area contributed by atoms with Gasteiger partial charge in [-0.05, 0) is 46.5 Å². The molecule has 25 heavy (non-hydrogen) atoms. The lowest BCUT2D eigenvalue weighted by atomic mass is 10.0. The number of nitrogens with one attached hydrogen (secondary N) is 1. The zero-order valence-corrected chi connectivity index (χ0v) is 13.5. The molecule has 0 unspecified atom stereocenters. The van der Waals surface area contributed by atoms with Crippen LogP contribution in [0.5, 0.6) is 0 Å². The van der Waals surface area contributed by atoms with E-state index in [9.17, 15) is 0 Å². The molecule has 1 N–H and O–H groups in total. The van der Waals surface area contributed by atoms with Crippen molar-refractivity contribution in [2.24, 2.45) is 10.2 Å². The van der Waals surface area contributed by atoms with Crippen molar-refractivity contribution in [2.45, 2.75) is 0 Å². The zero-order valence-electron chi connectivity index (χ0n) is 13.5. The van der Waals surface area contributed by atoms with Crippen molar-refractivity contribution >= 4 is 44.0 Å². The number of para-hydroxylation sites is 1. The van der Waals surface area contributed by atoms with E-state index in [2.05, 4.69) is 63.7 Å². The summed E-state index contributed by atoms with van der Waals surface area (Å²) in [6.07, 6.45) is 0. The fourth-order valence-corrected chi connectivity index (χ4v) is 3.26. The Kier molecular flexibility index (Phi) is 3.10. The van der Waals surface area contributed by atoms with Crippen molar-refractivity contribution < 1.29 is 0 Å². The molecule has 3 heteroatoms. The standard InChI is InChI=1S/C22H15N3/c1-2-7-16-13-19-17(12-15(16)6-1)9-5-11-21(19)24-25-22-14-18-8-3-4-10-20(18)23-22/h1-14,23H. The lowest BCUT2D eigenvalue weighted by Gasteiger charge is -2.04. The van der Waals surface area contributed by atoms with E-state index < -0.39 is 0 Å². The third-order valence-electron chi connectivity index (χ3n) is 4.50. The molecular formula is C22H15N3. The van der Waals surface area contributed by atoms with Gasteiger partial charge in [-0.15, -0.1) is 10.2 Å². The second-order valence-corrected chi connectivity index (χ2v) is 6.14. The highest BCUT2D eigenvalue weighted by molar-refractivity contribution is 6.02. The average molecular weight is 321 g/mol. The van der Waals surface area contributed by atoms with E-state index in [1.54, 1.807) is 0 Å². The number of fused-ring (bicyclic) bond motifs is 3. The number of H-pyrrole nitrogens is 1. The van der Waals surface area contributed by atoms with Crippen LogP contribution >= 0.6 is 0 Å². The van der Waals surface area contributed by atoms with Crippen LogP contribution in [0, 0.1) is 0 Å². The summed E-state index contributed by atoms with van der Waals surface area (Å²) in [5, 5.41) is 14.8. The van der Waals surface area contributed by atoms with E-state index in [4.69, 9.17) is 0 Å². The summed E-state index contributed by atoms with van der Waals surface area (Å²) in [4.78, 5) is 3.28. The SMILES string of the molecule is c1ccc2cc3c(N=Nc4cc5ccccc5[nH]4)cccc3cc2c1. The molecule has 1 aromatic heterocycles. The van der Waals surface area contributed by atoms with Crippen LogP contribution in [0.2, 0.25) is 0 Å². The van der Waals surface area contributed by atoms with Gasteiger partial charge in [-0.1, -0.05) is 54.6 Å². The molecule has 0 aliphatic carbocycles. The Morgan fingerprint density at radius 1 is 0.560 bits per heavy atom. The second-order valence-electron chi connectivity index (χ2n) is 6.14. The van der Waals surface area contributed by atoms with E-state index in [1.165, 1.54) is 16.2 Å². The molecule has 118 valence electrons. The molecule has 0 bridgehead atoms. The Hall–Kier alpha value is -3.46. The average Bonchev–Trinajstić information content (AvgIpc) is 3.07. The lowest BCUT2D eigenvalue weighted by molar-refractivity contribution is 1.20. The highest BCUT2D eigenvalue weighted by Crippen LogP contribution is 2.31. The maximum Gasteiger partial charge on any atom is 0.153 e. The van der Waals surface area contributed by atoms with Gasteiger partial charge in [0.1, 0.15) is 0 Å². The Labute approximate surface area is 144 Å². The van der Waals surface area contributed by atoms with Crippen LogP contribution in [0.3, 0.4) is 0 Å².